The number of benzene rings is 1. The maximum absolute atomic E-state index is 12.9. The summed E-state index contributed by atoms with van der Waals surface area (Å²) in [6.07, 6.45) is -4.75. The third kappa shape index (κ3) is 4.31. The number of urea groups is 1. The van der Waals surface area contributed by atoms with Crippen LogP contribution in [0.1, 0.15) is 12.5 Å². The molecule has 1 aliphatic heterocycles. The number of hydrogen-bond donors (Lipinski definition) is 1. The van der Waals surface area contributed by atoms with Gasteiger partial charge >= 0.3 is 12.4 Å². The number of alkyl halides is 3. The van der Waals surface area contributed by atoms with E-state index < -0.39 is 23.8 Å². The molecule has 3 amide bonds. The van der Waals surface area contributed by atoms with Gasteiger partial charge < -0.3 is 10.1 Å². The summed E-state index contributed by atoms with van der Waals surface area (Å²) in [5.41, 5.74) is -0.630. The molecule has 1 unspecified atom stereocenters. The van der Waals surface area contributed by atoms with Crippen molar-refractivity contribution in [2.75, 3.05) is 4.90 Å². The zero-order valence-electron chi connectivity index (χ0n) is 14.2. The van der Waals surface area contributed by atoms with Crippen LogP contribution >= 0.6 is 23.2 Å². The Morgan fingerprint density at radius 3 is 2.25 bits per heavy atom. The van der Waals surface area contributed by atoms with Crippen LogP contribution in [0.3, 0.4) is 0 Å². The summed E-state index contributed by atoms with van der Waals surface area (Å²) in [6.45, 7) is 1.51. The van der Waals surface area contributed by atoms with Crippen molar-refractivity contribution < 1.29 is 27.5 Å². The largest absolute Gasteiger partial charge is 0.573 e. The molecule has 0 aliphatic carbocycles. The molecule has 0 radical (unpaired) electrons. The zero-order chi connectivity index (χ0) is 20.7. The number of carbonyl (C=O) groups is 2. The standard InChI is InChI=1S/C17H12Cl2F3N3O3/c1-16(8-9-2-4-11(5-3-9)28-17(20,21)22)14(26)25(15(27)24-16)10-6-12(18)23-13(19)7-10/h2-7H,8H2,1H3,(H,24,27). The number of hydrogen-bond acceptors (Lipinski definition) is 4. The van der Waals surface area contributed by atoms with E-state index in [1.165, 1.54) is 31.2 Å². The lowest BCUT2D eigenvalue weighted by atomic mass is 9.92. The Morgan fingerprint density at radius 2 is 1.71 bits per heavy atom. The number of nitrogens with zero attached hydrogens (tertiary/aromatic N) is 2. The van der Waals surface area contributed by atoms with E-state index in [1.807, 2.05) is 0 Å². The molecule has 1 atom stereocenters. The van der Waals surface area contributed by atoms with Crippen LogP contribution in [0.4, 0.5) is 23.7 Å². The highest BCUT2D eigenvalue weighted by atomic mass is 35.5. The zero-order valence-corrected chi connectivity index (χ0v) is 15.7. The van der Waals surface area contributed by atoms with Crippen LogP contribution in [0.2, 0.25) is 10.3 Å². The molecule has 0 saturated carbocycles. The quantitative estimate of drug-likeness (QED) is 0.574. The highest BCUT2D eigenvalue weighted by Gasteiger charge is 2.48. The van der Waals surface area contributed by atoms with Crippen molar-refractivity contribution in [2.45, 2.75) is 25.2 Å². The summed E-state index contributed by atoms with van der Waals surface area (Å²) in [4.78, 5) is 29.9. The van der Waals surface area contributed by atoms with Crippen molar-refractivity contribution in [1.82, 2.24) is 10.3 Å². The molecular weight excluding hydrogens is 422 g/mol. The smallest absolute Gasteiger partial charge is 0.406 e. The lowest BCUT2D eigenvalue weighted by Crippen LogP contribution is -2.46. The molecular formula is C17H12Cl2F3N3O3. The molecule has 11 heteroatoms. The van der Waals surface area contributed by atoms with Crippen molar-refractivity contribution in [2.24, 2.45) is 0 Å². The molecule has 0 bridgehead atoms. The summed E-state index contributed by atoms with van der Waals surface area (Å²) in [7, 11) is 0. The third-order valence-corrected chi connectivity index (χ3v) is 4.37. The Morgan fingerprint density at radius 1 is 1.14 bits per heavy atom. The maximum atomic E-state index is 12.9. The molecule has 2 aromatic rings. The second-order valence-corrected chi connectivity index (χ2v) is 7.02. The Balaban J connectivity index is 1.81. The lowest BCUT2D eigenvalue weighted by molar-refractivity contribution is -0.274. The van der Waals surface area contributed by atoms with Crippen LogP contribution in [-0.4, -0.2) is 28.8 Å². The summed E-state index contributed by atoms with van der Waals surface area (Å²) in [6, 6.07) is 6.99. The van der Waals surface area contributed by atoms with Gasteiger partial charge in [-0.25, -0.2) is 14.7 Å². The first-order valence-electron chi connectivity index (χ1n) is 7.81. The molecule has 6 nitrogen and oxygen atoms in total. The second-order valence-electron chi connectivity index (χ2n) is 6.24. The van der Waals surface area contributed by atoms with Gasteiger partial charge in [0.05, 0.1) is 5.69 Å². The number of nitrogens with one attached hydrogen (secondary N) is 1. The van der Waals surface area contributed by atoms with Crippen molar-refractivity contribution in [3.8, 4) is 5.75 Å². The monoisotopic (exact) mass is 433 g/mol. The van der Waals surface area contributed by atoms with Crippen LogP contribution in [0, 0.1) is 0 Å². The molecule has 1 aromatic heterocycles. The number of aromatic nitrogens is 1. The van der Waals surface area contributed by atoms with E-state index in [-0.39, 0.29) is 28.2 Å². The molecule has 3 rings (SSSR count). The Kier molecular flexibility index (Phi) is 5.16. The van der Waals surface area contributed by atoms with E-state index in [0.717, 1.165) is 17.0 Å². The van der Waals surface area contributed by atoms with Gasteiger partial charge in [0, 0.05) is 6.42 Å². The third-order valence-electron chi connectivity index (χ3n) is 3.98. The summed E-state index contributed by atoms with van der Waals surface area (Å²) >= 11 is 11.7. The van der Waals surface area contributed by atoms with E-state index in [0.29, 0.717) is 5.56 Å². The number of amides is 3. The van der Waals surface area contributed by atoms with Crippen molar-refractivity contribution in [3.05, 3.63) is 52.3 Å². The fraction of sp³-hybridized carbons (Fsp3) is 0.235. The number of anilines is 1. The highest BCUT2D eigenvalue weighted by Crippen LogP contribution is 2.31. The number of carbonyl (C=O) groups excluding carboxylic acids is 2. The molecule has 1 N–H and O–H groups in total. The van der Waals surface area contributed by atoms with Crippen LogP contribution < -0.4 is 15.0 Å². The van der Waals surface area contributed by atoms with E-state index in [4.69, 9.17) is 23.2 Å². The van der Waals surface area contributed by atoms with Gasteiger partial charge in [0.15, 0.2) is 0 Å². The van der Waals surface area contributed by atoms with E-state index in [1.54, 1.807) is 0 Å². The minimum atomic E-state index is -4.80. The first-order chi connectivity index (χ1) is 13.0. The van der Waals surface area contributed by atoms with E-state index >= 15 is 0 Å². The van der Waals surface area contributed by atoms with Gasteiger partial charge in [-0.15, -0.1) is 13.2 Å². The average Bonchev–Trinajstić information content (AvgIpc) is 2.76. The Hall–Kier alpha value is -2.52. The highest BCUT2D eigenvalue weighted by molar-refractivity contribution is 6.33. The summed E-state index contributed by atoms with van der Waals surface area (Å²) in [5, 5.41) is 2.61. The van der Waals surface area contributed by atoms with Gasteiger partial charge in [0.1, 0.15) is 21.6 Å². The fourth-order valence-electron chi connectivity index (χ4n) is 2.84. The minimum Gasteiger partial charge on any atom is -0.406 e. The van der Waals surface area contributed by atoms with Crippen molar-refractivity contribution in [1.29, 1.82) is 0 Å². The van der Waals surface area contributed by atoms with Crippen LogP contribution in [-0.2, 0) is 11.2 Å². The second kappa shape index (κ2) is 7.14. The Labute approximate surface area is 167 Å². The molecule has 2 heterocycles. The first kappa shape index (κ1) is 20.2. The van der Waals surface area contributed by atoms with E-state index in [9.17, 15) is 22.8 Å². The number of imide groups is 1. The summed E-state index contributed by atoms with van der Waals surface area (Å²) < 4.78 is 40.5. The minimum absolute atomic E-state index is 0.0111. The number of pyridine rings is 1. The van der Waals surface area contributed by atoms with Crippen LogP contribution in [0.15, 0.2) is 36.4 Å². The number of rotatable bonds is 4. The lowest BCUT2D eigenvalue weighted by Gasteiger charge is -2.22. The van der Waals surface area contributed by atoms with Gasteiger partial charge in [-0.2, -0.15) is 0 Å². The molecule has 1 aromatic carbocycles. The molecule has 28 heavy (non-hydrogen) atoms. The predicted molar refractivity (Wildman–Crippen MR) is 95.5 cm³/mol. The maximum Gasteiger partial charge on any atom is 0.573 e. The number of ether oxygens (including phenoxy) is 1. The van der Waals surface area contributed by atoms with Crippen LogP contribution in [0.25, 0.3) is 0 Å². The van der Waals surface area contributed by atoms with Crippen molar-refractivity contribution in [3.63, 3.8) is 0 Å². The molecule has 0 spiro atoms. The topological polar surface area (TPSA) is 71.5 Å². The number of halogens is 5. The molecule has 1 saturated heterocycles. The van der Waals surface area contributed by atoms with E-state index in [2.05, 4.69) is 15.0 Å². The molecule has 1 aliphatic rings. The average molecular weight is 434 g/mol. The normalized spacial score (nSPS) is 19.7. The van der Waals surface area contributed by atoms with Crippen molar-refractivity contribution >= 4 is 40.8 Å². The predicted octanol–water partition coefficient (Wildman–Crippen LogP) is 4.34. The van der Waals surface area contributed by atoms with Gasteiger partial charge in [-0.3, -0.25) is 4.79 Å². The summed E-state index contributed by atoms with van der Waals surface area (Å²) in [5.74, 6) is -0.947. The van der Waals surface area contributed by atoms with Crippen LogP contribution in [0.5, 0.6) is 5.75 Å². The molecule has 1 fully saturated rings. The Bertz CT molecular complexity index is 917. The molecule has 148 valence electrons. The fourth-order valence-corrected chi connectivity index (χ4v) is 3.29. The SMILES string of the molecule is CC1(Cc2ccc(OC(F)(F)F)cc2)NC(=O)N(c2cc(Cl)nc(Cl)c2)C1=O. The van der Waals surface area contributed by atoms with Gasteiger partial charge in [-0.05, 0) is 36.8 Å². The van der Waals surface area contributed by atoms with Gasteiger partial charge in [0.2, 0.25) is 0 Å². The first-order valence-corrected chi connectivity index (χ1v) is 8.57. The van der Waals surface area contributed by atoms with Gasteiger partial charge in [-0.1, -0.05) is 35.3 Å². The van der Waals surface area contributed by atoms with Gasteiger partial charge in [0.25, 0.3) is 5.91 Å².